The summed E-state index contributed by atoms with van der Waals surface area (Å²) in [5, 5.41) is 0. The van der Waals surface area contributed by atoms with Crippen LogP contribution in [0.5, 0.6) is 0 Å². The van der Waals surface area contributed by atoms with Gasteiger partial charge in [0, 0.05) is 5.92 Å². The Hall–Kier alpha value is -0.890. The van der Waals surface area contributed by atoms with Crippen LogP contribution in [0, 0.1) is 12.7 Å². The summed E-state index contributed by atoms with van der Waals surface area (Å²) in [5.74, 6) is 0.364. The molecule has 0 atom stereocenters. The second kappa shape index (κ2) is 2.87. The van der Waals surface area contributed by atoms with E-state index in [-0.39, 0.29) is 5.82 Å². The molecule has 0 spiro atoms. The van der Waals surface area contributed by atoms with Crippen molar-refractivity contribution in [2.24, 2.45) is 0 Å². The molecule has 0 radical (unpaired) electrons. The maximum atomic E-state index is 12.9. The Morgan fingerprint density at radius 2 is 2.17 bits per heavy atom. The first-order chi connectivity index (χ1) is 5.77. The van der Waals surface area contributed by atoms with Gasteiger partial charge in [-0.25, -0.2) is 4.39 Å². The number of halogens is 1. The summed E-state index contributed by atoms with van der Waals surface area (Å²) in [6.07, 6.45) is 0. The van der Waals surface area contributed by atoms with E-state index in [1.54, 1.807) is 6.92 Å². The lowest BCUT2D eigenvalue weighted by Crippen LogP contribution is -2.25. The van der Waals surface area contributed by atoms with Gasteiger partial charge in [0.2, 0.25) is 0 Å². The Morgan fingerprint density at radius 3 is 2.67 bits per heavy atom. The van der Waals surface area contributed by atoms with E-state index in [2.05, 4.69) is 0 Å². The van der Waals surface area contributed by atoms with E-state index in [0.717, 1.165) is 18.8 Å². The first kappa shape index (κ1) is 7.74. The molecule has 1 aromatic carbocycles. The summed E-state index contributed by atoms with van der Waals surface area (Å²) >= 11 is 0. The summed E-state index contributed by atoms with van der Waals surface area (Å²) in [6, 6.07) is 5.28. The minimum atomic E-state index is -0.126. The lowest BCUT2D eigenvalue weighted by molar-refractivity contribution is 0.00838. The SMILES string of the molecule is Cc1cc(C2COC2)ccc1F. The molecule has 2 rings (SSSR count). The highest BCUT2D eigenvalue weighted by atomic mass is 19.1. The van der Waals surface area contributed by atoms with Gasteiger partial charge in [-0.05, 0) is 24.1 Å². The van der Waals surface area contributed by atoms with Crippen LogP contribution in [0.2, 0.25) is 0 Å². The van der Waals surface area contributed by atoms with Crippen molar-refractivity contribution in [3.05, 3.63) is 35.1 Å². The van der Waals surface area contributed by atoms with Crippen LogP contribution in [-0.4, -0.2) is 13.2 Å². The van der Waals surface area contributed by atoms with Crippen LogP contribution in [0.25, 0.3) is 0 Å². The zero-order valence-corrected chi connectivity index (χ0v) is 7.01. The van der Waals surface area contributed by atoms with Gasteiger partial charge >= 0.3 is 0 Å². The molecule has 1 aliphatic rings. The molecule has 0 saturated carbocycles. The molecule has 1 aliphatic heterocycles. The van der Waals surface area contributed by atoms with E-state index >= 15 is 0 Å². The maximum absolute atomic E-state index is 12.9. The van der Waals surface area contributed by atoms with E-state index in [9.17, 15) is 4.39 Å². The zero-order chi connectivity index (χ0) is 8.55. The van der Waals surface area contributed by atoms with Crippen molar-refractivity contribution < 1.29 is 9.13 Å². The molecule has 2 heteroatoms. The predicted octanol–water partition coefficient (Wildman–Crippen LogP) is 2.25. The summed E-state index contributed by atoms with van der Waals surface area (Å²) < 4.78 is 17.9. The quantitative estimate of drug-likeness (QED) is 0.621. The van der Waals surface area contributed by atoms with Crippen molar-refractivity contribution in [2.75, 3.05) is 13.2 Å². The third-order valence-corrected chi connectivity index (χ3v) is 2.29. The van der Waals surface area contributed by atoms with Crippen LogP contribution >= 0.6 is 0 Å². The van der Waals surface area contributed by atoms with Gasteiger partial charge in [0.15, 0.2) is 0 Å². The molecule has 1 nitrogen and oxygen atoms in total. The fourth-order valence-electron chi connectivity index (χ4n) is 1.35. The van der Waals surface area contributed by atoms with E-state index in [1.807, 2.05) is 12.1 Å². The highest BCUT2D eigenvalue weighted by Crippen LogP contribution is 2.25. The first-order valence-electron chi connectivity index (χ1n) is 4.11. The lowest BCUT2D eigenvalue weighted by atomic mass is 9.96. The topological polar surface area (TPSA) is 9.23 Å². The van der Waals surface area contributed by atoms with Gasteiger partial charge in [-0.1, -0.05) is 12.1 Å². The summed E-state index contributed by atoms with van der Waals surface area (Å²) in [7, 11) is 0. The molecule has 0 unspecified atom stereocenters. The van der Waals surface area contributed by atoms with Gasteiger partial charge in [-0.15, -0.1) is 0 Å². The molecule has 64 valence electrons. The molecular weight excluding hydrogens is 155 g/mol. The summed E-state index contributed by atoms with van der Waals surface area (Å²) in [6.45, 7) is 3.36. The van der Waals surface area contributed by atoms with Crippen molar-refractivity contribution >= 4 is 0 Å². The standard InChI is InChI=1S/C10H11FO/c1-7-4-8(2-3-10(7)11)9-5-12-6-9/h2-4,9H,5-6H2,1H3. The molecule has 1 fully saturated rings. The lowest BCUT2D eigenvalue weighted by Gasteiger charge is -2.26. The van der Waals surface area contributed by atoms with Crippen molar-refractivity contribution in [3.8, 4) is 0 Å². The molecule has 1 aromatic rings. The highest BCUT2D eigenvalue weighted by Gasteiger charge is 2.20. The minimum absolute atomic E-state index is 0.126. The molecule has 1 heterocycles. The predicted molar refractivity (Wildman–Crippen MR) is 44.7 cm³/mol. The average Bonchev–Trinajstić information content (AvgIpc) is 1.93. The molecule has 0 amide bonds. The summed E-state index contributed by atoms with van der Waals surface area (Å²) in [4.78, 5) is 0. The van der Waals surface area contributed by atoms with Crippen molar-refractivity contribution in [1.29, 1.82) is 0 Å². The van der Waals surface area contributed by atoms with E-state index in [1.165, 1.54) is 11.6 Å². The fourth-order valence-corrected chi connectivity index (χ4v) is 1.35. The number of ether oxygens (including phenoxy) is 1. The molecule has 12 heavy (non-hydrogen) atoms. The van der Waals surface area contributed by atoms with Crippen LogP contribution in [0.3, 0.4) is 0 Å². The minimum Gasteiger partial charge on any atom is -0.380 e. The molecule has 0 N–H and O–H groups in total. The van der Waals surface area contributed by atoms with Gasteiger partial charge in [0.05, 0.1) is 13.2 Å². The monoisotopic (exact) mass is 166 g/mol. The molecule has 0 aromatic heterocycles. The second-order valence-electron chi connectivity index (χ2n) is 3.24. The number of benzene rings is 1. The van der Waals surface area contributed by atoms with Crippen LogP contribution in [0.15, 0.2) is 18.2 Å². The molecule has 1 saturated heterocycles. The molecule has 0 bridgehead atoms. The Bertz CT molecular complexity index is 292. The third-order valence-electron chi connectivity index (χ3n) is 2.29. The van der Waals surface area contributed by atoms with Gasteiger partial charge < -0.3 is 4.74 Å². The van der Waals surface area contributed by atoms with Crippen LogP contribution in [-0.2, 0) is 4.74 Å². The van der Waals surface area contributed by atoms with E-state index in [0.29, 0.717) is 5.92 Å². The Balaban J connectivity index is 2.27. The van der Waals surface area contributed by atoms with Crippen molar-refractivity contribution in [3.63, 3.8) is 0 Å². The Labute approximate surface area is 71.2 Å². The van der Waals surface area contributed by atoms with Gasteiger partial charge in [0.25, 0.3) is 0 Å². The summed E-state index contributed by atoms with van der Waals surface area (Å²) in [5.41, 5.74) is 1.92. The van der Waals surface area contributed by atoms with Crippen LogP contribution < -0.4 is 0 Å². The first-order valence-corrected chi connectivity index (χ1v) is 4.11. The number of aryl methyl sites for hydroxylation is 1. The normalized spacial score (nSPS) is 17.5. The maximum Gasteiger partial charge on any atom is 0.126 e. The van der Waals surface area contributed by atoms with Gasteiger partial charge in [0.1, 0.15) is 5.82 Å². The largest absolute Gasteiger partial charge is 0.380 e. The Kier molecular flexibility index (Phi) is 1.85. The number of hydrogen-bond donors (Lipinski definition) is 0. The Morgan fingerprint density at radius 1 is 1.42 bits per heavy atom. The smallest absolute Gasteiger partial charge is 0.126 e. The number of hydrogen-bond acceptors (Lipinski definition) is 1. The molecular formula is C10H11FO. The van der Waals surface area contributed by atoms with Crippen LogP contribution in [0.1, 0.15) is 17.0 Å². The van der Waals surface area contributed by atoms with Crippen LogP contribution in [0.4, 0.5) is 4.39 Å². The van der Waals surface area contributed by atoms with E-state index < -0.39 is 0 Å². The van der Waals surface area contributed by atoms with E-state index in [4.69, 9.17) is 4.74 Å². The highest BCUT2D eigenvalue weighted by molar-refractivity contribution is 5.27. The number of rotatable bonds is 1. The molecule has 0 aliphatic carbocycles. The third kappa shape index (κ3) is 1.23. The average molecular weight is 166 g/mol. The van der Waals surface area contributed by atoms with Crippen molar-refractivity contribution in [1.82, 2.24) is 0 Å². The zero-order valence-electron chi connectivity index (χ0n) is 7.01. The second-order valence-corrected chi connectivity index (χ2v) is 3.24. The van der Waals surface area contributed by atoms with Gasteiger partial charge in [-0.3, -0.25) is 0 Å². The fraction of sp³-hybridized carbons (Fsp3) is 0.400. The van der Waals surface area contributed by atoms with Crippen molar-refractivity contribution in [2.45, 2.75) is 12.8 Å². The van der Waals surface area contributed by atoms with Gasteiger partial charge in [-0.2, -0.15) is 0 Å².